The summed E-state index contributed by atoms with van der Waals surface area (Å²) in [4.78, 5) is 28.8. The smallest absolute Gasteiger partial charge is 0.317 e. The van der Waals surface area contributed by atoms with Gasteiger partial charge in [-0.15, -0.1) is 0 Å². The molecule has 0 aromatic heterocycles. The molecule has 0 aliphatic carbocycles. The van der Waals surface area contributed by atoms with Crippen molar-refractivity contribution in [2.24, 2.45) is 0 Å². The summed E-state index contributed by atoms with van der Waals surface area (Å²) in [6, 6.07) is 14.1. The first-order valence-electron chi connectivity index (χ1n) is 9.91. The molecule has 2 heterocycles. The summed E-state index contributed by atoms with van der Waals surface area (Å²) in [6.45, 7) is 1.62. The van der Waals surface area contributed by atoms with Crippen molar-refractivity contribution in [2.45, 2.75) is 24.9 Å². The summed E-state index contributed by atoms with van der Waals surface area (Å²) in [6.07, 6.45) is 1.94. The zero-order valence-corrected chi connectivity index (χ0v) is 16.5. The normalized spacial score (nSPS) is 17.7. The first kappa shape index (κ1) is 19.2. The van der Waals surface area contributed by atoms with Crippen LogP contribution in [0, 0.1) is 5.82 Å². The van der Waals surface area contributed by atoms with Crippen molar-refractivity contribution < 1.29 is 14.0 Å². The Balaban J connectivity index is 1.36. The van der Waals surface area contributed by atoms with Gasteiger partial charge in [0.25, 0.3) is 5.91 Å². The average molecular weight is 396 g/mol. The van der Waals surface area contributed by atoms with Gasteiger partial charge in [-0.05, 0) is 30.2 Å². The van der Waals surface area contributed by atoms with Crippen molar-refractivity contribution in [3.63, 3.8) is 0 Å². The summed E-state index contributed by atoms with van der Waals surface area (Å²) >= 11 is 0. The van der Waals surface area contributed by atoms with E-state index in [1.807, 2.05) is 42.3 Å². The van der Waals surface area contributed by atoms with Crippen LogP contribution in [-0.4, -0.2) is 49.2 Å². The maximum atomic E-state index is 13.7. The average Bonchev–Trinajstić information content (AvgIpc) is 2.73. The molecule has 4 rings (SSSR count). The Hall–Kier alpha value is -3.09. The number of halogens is 1. The molecular weight excluding hydrogens is 371 g/mol. The first-order valence-corrected chi connectivity index (χ1v) is 9.91. The van der Waals surface area contributed by atoms with Crippen LogP contribution in [-0.2, 0) is 6.42 Å². The van der Waals surface area contributed by atoms with Gasteiger partial charge >= 0.3 is 6.03 Å². The molecular formula is C22H25FN4O2. The van der Waals surface area contributed by atoms with E-state index < -0.39 is 5.66 Å². The number of rotatable bonds is 3. The van der Waals surface area contributed by atoms with Crippen molar-refractivity contribution in [3.8, 4) is 0 Å². The number of piperidine rings is 1. The van der Waals surface area contributed by atoms with E-state index in [4.69, 9.17) is 0 Å². The number of urea groups is 1. The minimum atomic E-state index is -0.599. The number of likely N-dealkylation sites (tertiary alicyclic amines) is 1. The van der Waals surface area contributed by atoms with E-state index in [0.29, 0.717) is 43.7 Å². The number of carbonyl (C=O) groups excluding carboxylic acids is 2. The predicted octanol–water partition coefficient (Wildman–Crippen LogP) is 2.75. The standard InChI is InChI=1S/C22H25FN4O2/c1-26-19-15-17(23)7-8-18(19)20(28)25-22(26)10-13-27(14-11-22)21(29)24-12-9-16-5-3-2-4-6-16/h2-8,15H,9-14H2,1H3,(H,24,29)(H,25,28). The number of hydrogen-bond donors (Lipinski definition) is 2. The monoisotopic (exact) mass is 396 g/mol. The van der Waals surface area contributed by atoms with Gasteiger partial charge < -0.3 is 20.4 Å². The molecule has 0 atom stereocenters. The zero-order chi connectivity index (χ0) is 20.4. The number of amides is 3. The number of anilines is 1. The van der Waals surface area contributed by atoms with E-state index in [2.05, 4.69) is 10.6 Å². The molecule has 152 valence electrons. The Morgan fingerprint density at radius 2 is 1.90 bits per heavy atom. The van der Waals surface area contributed by atoms with Crippen LogP contribution < -0.4 is 15.5 Å². The fourth-order valence-electron chi connectivity index (χ4n) is 4.18. The Morgan fingerprint density at radius 1 is 1.17 bits per heavy atom. The third kappa shape index (κ3) is 3.77. The van der Waals surface area contributed by atoms with Crippen LogP contribution in [0.4, 0.5) is 14.9 Å². The molecule has 1 fully saturated rings. The summed E-state index contributed by atoms with van der Waals surface area (Å²) in [5.41, 5.74) is 1.65. The second-order valence-corrected chi connectivity index (χ2v) is 7.66. The summed E-state index contributed by atoms with van der Waals surface area (Å²) in [7, 11) is 1.87. The molecule has 2 aromatic carbocycles. The molecule has 2 N–H and O–H groups in total. The Labute approximate surface area is 169 Å². The maximum Gasteiger partial charge on any atom is 0.317 e. The number of nitrogens with one attached hydrogen (secondary N) is 2. The predicted molar refractivity (Wildman–Crippen MR) is 109 cm³/mol. The summed E-state index contributed by atoms with van der Waals surface area (Å²) in [5, 5.41) is 6.06. The van der Waals surface area contributed by atoms with Gasteiger partial charge in [0.15, 0.2) is 0 Å². The lowest BCUT2D eigenvalue weighted by atomic mass is 9.90. The van der Waals surface area contributed by atoms with Crippen molar-refractivity contribution in [2.75, 3.05) is 31.6 Å². The molecule has 29 heavy (non-hydrogen) atoms. The van der Waals surface area contributed by atoms with Gasteiger partial charge in [0.1, 0.15) is 11.5 Å². The van der Waals surface area contributed by atoms with Crippen LogP contribution in [0.5, 0.6) is 0 Å². The van der Waals surface area contributed by atoms with E-state index in [1.165, 1.54) is 23.8 Å². The number of fused-ring (bicyclic) bond motifs is 1. The molecule has 7 heteroatoms. The lowest BCUT2D eigenvalue weighted by Crippen LogP contribution is -2.67. The van der Waals surface area contributed by atoms with E-state index in [0.717, 1.165) is 6.42 Å². The topological polar surface area (TPSA) is 64.7 Å². The number of carbonyl (C=O) groups is 2. The SMILES string of the molecule is CN1c2cc(F)ccc2C(=O)NC12CCN(C(=O)NCCc1ccccc1)CC2. The van der Waals surface area contributed by atoms with Gasteiger partial charge in [-0.25, -0.2) is 9.18 Å². The van der Waals surface area contributed by atoms with E-state index >= 15 is 0 Å². The van der Waals surface area contributed by atoms with Gasteiger partial charge in [0, 0.05) is 39.5 Å². The quantitative estimate of drug-likeness (QED) is 0.839. The molecule has 1 saturated heterocycles. The van der Waals surface area contributed by atoms with Gasteiger partial charge in [0.2, 0.25) is 0 Å². The highest BCUT2D eigenvalue weighted by molar-refractivity contribution is 6.02. The molecule has 0 bridgehead atoms. The molecule has 0 unspecified atom stereocenters. The van der Waals surface area contributed by atoms with Crippen LogP contribution in [0.2, 0.25) is 0 Å². The Kier molecular flexibility index (Phi) is 5.13. The molecule has 3 amide bonds. The molecule has 0 saturated carbocycles. The third-order valence-corrected chi connectivity index (χ3v) is 5.96. The number of hydrogen-bond acceptors (Lipinski definition) is 3. The molecule has 6 nitrogen and oxygen atoms in total. The second-order valence-electron chi connectivity index (χ2n) is 7.66. The van der Waals surface area contributed by atoms with Gasteiger partial charge in [-0.3, -0.25) is 4.79 Å². The van der Waals surface area contributed by atoms with Crippen LogP contribution in [0.15, 0.2) is 48.5 Å². The van der Waals surface area contributed by atoms with Gasteiger partial charge in [-0.1, -0.05) is 30.3 Å². The van der Waals surface area contributed by atoms with E-state index in [-0.39, 0.29) is 17.8 Å². The van der Waals surface area contributed by atoms with Crippen molar-refractivity contribution in [1.82, 2.24) is 15.5 Å². The highest BCUT2D eigenvalue weighted by atomic mass is 19.1. The largest absolute Gasteiger partial charge is 0.351 e. The second kappa shape index (κ2) is 7.73. The van der Waals surface area contributed by atoms with Crippen LogP contribution in [0.25, 0.3) is 0 Å². The Bertz CT molecular complexity index is 910. The fourth-order valence-corrected chi connectivity index (χ4v) is 4.18. The molecule has 2 aromatic rings. The molecule has 0 radical (unpaired) electrons. The van der Waals surface area contributed by atoms with Gasteiger partial charge in [0.05, 0.1) is 11.3 Å². The van der Waals surface area contributed by atoms with Crippen molar-refractivity contribution >= 4 is 17.6 Å². The van der Waals surface area contributed by atoms with Crippen molar-refractivity contribution in [3.05, 3.63) is 65.5 Å². The van der Waals surface area contributed by atoms with E-state index in [9.17, 15) is 14.0 Å². The minimum Gasteiger partial charge on any atom is -0.351 e. The third-order valence-electron chi connectivity index (χ3n) is 5.96. The molecule has 2 aliphatic rings. The summed E-state index contributed by atoms with van der Waals surface area (Å²) in [5.74, 6) is -0.561. The van der Waals surface area contributed by atoms with Crippen LogP contribution in [0.1, 0.15) is 28.8 Å². The van der Waals surface area contributed by atoms with Gasteiger partial charge in [-0.2, -0.15) is 0 Å². The van der Waals surface area contributed by atoms with Crippen LogP contribution in [0.3, 0.4) is 0 Å². The van der Waals surface area contributed by atoms with Crippen molar-refractivity contribution in [1.29, 1.82) is 0 Å². The zero-order valence-electron chi connectivity index (χ0n) is 16.5. The fraction of sp³-hybridized carbons (Fsp3) is 0.364. The van der Waals surface area contributed by atoms with E-state index in [1.54, 1.807) is 4.90 Å². The number of nitrogens with zero attached hydrogens (tertiary/aromatic N) is 2. The summed E-state index contributed by atoms with van der Waals surface area (Å²) < 4.78 is 13.7. The number of benzene rings is 2. The Morgan fingerprint density at radius 3 is 2.62 bits per heavy atom. The highest BCUT2D eigenvalue weighted by Crippen LogP contribution is 2.36. The highest BCUT2D eigenvalue weighted by Gasteiger charge is 2.44. The lowest BCUT2D eigenvalue weighted by molar-refractivity contribution is 0.0810. The maximum absolute atomic E-state index is 13.7. The molecule has 2 aliphatic heterocycles. The minimum absolute atomic E-state index is 0.0907. The van der Waals surface area contributed by atoms with Crippen LogP contribution >= 0.6 is 0 Å². The lowest BCUT2D eigenvalue weighted by Gasteiger charge is -2.51. The molecule has 1 spiro atoms. The first-order chi connectivity index (χ1) is 14.0.